The van der Waals surface area contributed by atoms with Gasteiger partial charge in [0, 0.05) is 19.8 Å². The summed E-state index contributed by atoms with van der Waals surface area (Å²) in [7, 11) is 3.14. The van der Waals surface area contributed by atoms with Crippen molar-refractivity contribution < 1.29 is 19.1 Å². The van der Waals surface area contributed by atoms with Crippen LogP contribution in [-0.2, 0) is 20.8 Å². The van der Waals surface area contributed by atoms with Gasteiger partial charge in [-0.15, -0.1) is 0 Å². The van der Waals surface area contributed by atoms with E-state index in [2.05, 4.69) is 10.6 Å². The summed E-state index contributed by atoms with van der Waals surface area (Å²) in [5, 5.41) is 5.46. The Labute approximate surface area is 182 Å². The van der Waals surface area contributed by atoms with E-state index in [1.54, 1.807) is 20.2 Å². The summed E-state index contributed by atoms with van der Waals surface area (Å²) in [5.74, 6) is -0.199. The lowest BCUT2D eigenvalue weighted by Gasteiger charge is -2.35. The van der Waals surface area contributed by atoms with Gasteiger partial charge in [-0.1, -0.05) is 37.3 Å². The molecule has 0 fully saturated rings. The van der Waals surface area contributed by atoms with Gasteiger partial charge in [0.2, 0.25) is 11.8 Å². The maximum Gasteiger partial charge on any atom is 0.262 e. The molecule has 3 amide bonds. The topological polar surface area (TPSA) is 91.0 Å². The van der Waals surface area contributed by atoms with E-state index in [0.717, 1.165) is 23.4 Å². The van der Waals surface area contributed by atoms with Gasteiger partial charge in [-0.05, 0) is 30.2 Å². The van der Waals surface area contributed by atoms with Crippen LogP contribution in [0, 0.1) is 0 Å². The molecule has 1 atom stereocenters. The maximum atomic E-state index is 12.8. The number of likely N-dealkylation sites (N-methyl/N-ethyl adjacent to an activating group) is 2. The fraction of sp³-hybridized carbons (Fsp3) is 0.348. The zero-order valence-electron chi connectivity index (χ0n) is 18.1. The zero-order valence-corrected chi connectivity index (χ0v) is 18.1. The van der Waals surface area contributed by atoms with Gasteiger partial charge in [-0.25, -0.2) is 0 Å². The molecule has 0 aromatic heterocycles. The number of ether oxygens (including phenoxy) is 1. The van der Waals surface area contributed by atoms with Gasteiger partial charge in [0.15, 0.2) is 6.10 Å². The lowest BCUT2D eigenvalue weighted by molar-refractivity contribution is -0.132. The first-order valence-corrected chi connectivity index (χ1v) is 10.3. The maximum absolute atomic E-state index is 12.8. The van der Waals surface area contributed by atoms with Crippen LogP contribution in [0.1, 0.15) is 12.5 Å². The van der Waals surface area contributed by atoms with Crippen LogP contribution in [-0.4, -0.2) is 62.5 Å². The van der Waals surface area contributed by atoms with E-state index in [4.69, 9.17) is 4.74 Å². The normalized spacial score (nSPS) is 14.8. The molecule has 1 aliphatic heterocycles. The van der Waals surface area contributed by atoms with Crippen LogP contribution >= 0.6 is 0 Å². The van der Waals surface area contributed by atoms with Crippen molar-refractivity contribution in [3.05, 3.63) is 54.1 Å². The lowest BCUT2D eigenvalue weighted by atomic mass is 10.1. The summed E-state index contributed by atoms with van der Waals surface area (Å²) in [6.07, 6.45) is 0.0839. The molecule has 0 saturated heterocycles. The summed E-state index contributed by atoms with van der Waals surface area (Å²) in [5.41, 5.74) is 2.53. The lowest BCUT2D eigenvalue weighted by Crippen LogP contribution is -2.51. The first-order chi connectivity index (χ1) is 14.9. The van der Waals surface area contributed by atoms with Crippen molar-refractivity contribution in [2.45, 2.75) is 19.4 Å². The number of nitrogens with zero attached hydrogens (tertiary/aromatic N) is 2. The number of para-hydroxylation sites is 3. The zero-order chi connectivity index (χ0) is 22.4. The monoisotopic (exact) mass is 424 g/mol. The Morgan fingerprint density at radius 2 is 1.84 bits per heavy atom. The van der Waals surface area contributed by atoms with Crippen LogP contribution in [0.2, 0.25) is 0 Å². The molecule has 1 heterocycles. The minimum absolute atomic E-state index is 0.0309. The largest absolute Gasteiger partial charge is 0.477 e. The average Bonchev–Trinajstić information content (AvgIpc) is 2.78. The molecular weight excluding hydrogens is 396 g/mol. The van der Waals surface area contributed by atoms with Crippen molar-refractivity contribution in [2.75, 3.05) is 43.9 Å². The molecule has 2 aromatic carbocycles. The van der Waals surface area contributed by atoms with Crippen LogP contribution in [0.3, 0.4) is 0 Å². The van der Waals surface area contributed by atoms with Crippen molar-refractivity contribution in [2.24, 2.45) is 0 Å². The third-order valence-corrected chi connectivity index (χ3v) is 5.21. The summed E-state index contributed by atoms with van der Waals surface area (Å²) < 4.78 is 5.77. The van der Waals surface area contributed by atoms with Gasteiger partial charge in [-0.2, -0.15) is 0 Å². The van der Waals surface area contributed by atoms with Gasteiger partial charge in [0.25, 0.3) is 5.91 Å². The second-order valence-electron chi connectivity index (χ2n) is 7.38. The van der Waals surface area contributed by atoms with E-state index in [1.807, 2.05) is 54.3 Å². The highest BCUT2D eigenvalue weighted by Crippen LogP contribution is 2.33. The Balaban J connectivity index is 1.64. The minimum Gasteiger partial charge on any atom is -0.477 e. The van der Waals surface area contributed by atoms with Crippen LogP contribution < -0.4 is 20.3 Å². The summed E-state index contributed by atoms with van der Waals surface area (Å²) >= 11 is 0. The predicted octanol–water partition coefficient (Wildman–Crippen LogP) is 1.66. The Hall–Kier alpha value is -3.55. The second kappa shape index (κ2) is 9.97. The van der Waals surface area contributed by atoms with Crippen molar-refractivity contribution in [1.29, 1.82) is 0 Å². The number of benzene rings is 2. The SMILES string of the molecule is CCc1ccccc1NC(=O)CN(C)C(=O)CN1C[C@H](C(=O)NC)Oc2ccccc21. The number of anilines is 2. The van der Waals surface area contributed by atoms with Crippen LogP contribution in [0.25, 0.3) is 0 Å². The van der Waals surface area contributed by atoms with Crippen molar-refractivity contribution in [3.8, 4) is 5.75 Å². The van der Waals surface area contributed by atoms with E-state index in [9.17, 15) is 14.4 Å². The number of rotatable bonds is 7. The molecule has 0 radical (unpaired) electrons. The number of nitrogens with one attached hydrogen (secondary N) is 2. The highest BCUT2D eigenvalue weighted by molar-refractivity contribution is 5.95. The summed E-state index contributed by atoms with van der Waals surface area (Å²) in [6.45, 7) is 2.23. The van der Waals surface area contributed by atoms with E-state index in [0.29, 0.717) is 5.75 Å². The molecule has 164 valence electrons. The van der Waals surface area contributed by atoms with E-state index < -0.39 is 6.10 Å². The van der Waals surface area contributed by atoms with Gasteiger partial charge in [0.1, 0.15) is 5.75 Å². The number of hydrogen-bond donors (Lipinski definition) is 2. The number of hydrogen-bond acceptors (Lipinski definition) is 5. The average molecular weight is 425 g/mol. The molecule has 0 bridgehead atoms. The number of aryl methyl sites for hydroxylation is 1. The van der Waals surface area contributed by atoms with E-state index in [-0.39, 0.29) is 37.4 Å². The molecule has 0 unspecified atom stereocenters. The van der Waals surface area contributed by atoms with E-state index in [1.165, 1.54) is 4.90 Å². The highest BCUT2D eigenvalue weighted by atomic mass is 16.5. The van der Waals surface area contributed by atoms with Gasteiger partial charge in [0.05, 0.1) is 25.3 Å². The number of carbonyl (C=O) groups excluding carboxylic acids is 3. The van der Waals surface area contributed by atoms with Gasteiger partial charge in [-0.3, -0.25) is 14.4 Å². The van der Waals surface area contributed by atoms with E-state index >= 15 is 0 Å². The Morgan fingerprint density at radius 3 is 2.58 bits per heavy atom. The first kappa shape index (κ1) is 22.1. The standard InChI is InChI=1S/C23H28N4O4/c1-4-16-9-5-6-10-17(16)25-21(28)14-26(3)22(29)15-27-13-20(23(30)24-2)31-19-12-8-7-11-18(19)27/h5-12,20H,4,13-15H2,1-3H3,(H,24,30)(H,25,28)/t20-/m1/s1. The molecule has 2 aromatic rings. The smallest absolute Gasteiger partial charge is 0.262 e. The van der Waals surface area contributed by atoms with Crippen molar-refractivity contribution in [3.63, 3.8) is 0 Å². The molecule has 0 aliphatic carbocycles. The Kier molecular flexibility index (Phi) is 7.12. The third kappa shape index (κ3) is 5.33. The summed E-state index contributed by atoms with van der Waals surface area (Å²) in [4.78, 5) is 40.6. The number of amides is 3. The molecule has 0 spiro atoms. The van der Waals surface area contributed by atoms with Gasteiger partial charge < -0.3 is 25.2 Å². The second-order valence-corrected chi connectivity index (χ2v) is 7.38. The molecule has 8 nitrogen and oxygen atoms in total. The fourth-order valence-electron chi connectivity index (χ4n) is 3.48. The predicted molar refractivity (Wildman–Crippen MR) is 119 cm³/mol. The van der Waals surface area contributed by atoms with Crippen LogP contribution in [0.5, 0.6) is 5.75 Å². The van der Waals surface area contributed by atoms with Gasteiger partial charge >= 0.3 is 0 Å². The highest BCUT2D eigenvalue weighted by Gasteiger charge is 2.31. The fourth-order valence-corrected chi connectivity index (χ4v) is 3.48. The first-order valence-electron chi connectivity index (χ1n) is 10.3. The Morgan fingerprint density at radius 1 is 1.13 bits per heavy atom. The molecule has 2 N–H and O–H groups in total. The number of carbonyl (C=O) groups is 3. The molecule has 8 heteroatoms. The molecule has 3 rings (SSSR count). The van der Waals surface area contributed by atoms with Crippen molar-refractivity contribution >= 4 is 29.1 Å². The number of fused-ring (bicyclic) bond motifs is 1. The minimum atomic E-state index is -0.716. The molecular formula is C23H28N4O4. The molecule has 31 heavy (non-hydrogen) atoms. The Bertz CT molecular complexity index is 962. The third-order valence-electron chi connectivity index (χ3n) is 5.21. The molecule has 0 saturated carbocycles. The van der Waals surface area contributed by atoms with Crippen LogP contribution in [0.15, 0.2) is 48.5 Å². The quantitative estimate of drug-likeness (QED) is 0.706. The molecule has 1 aliphatic rings. The van der Waals surface area contributed by atoms with Crippen molar-refractivity contribution in [1.82, 2.24) is 10.2 Å². The summed E-state index contributed by atoms with van der Waals surface area (Å²) in [6, 6.07) is 14.9. The van der Waals surface area contributed by atoms with Crippen LogP contribution in [0.4, 0.5) is 11.4 Å².